The van der Waals surface area contributed by atoms with Crippen molar-refractivity contribution in [2.24, 2.45) is 0 Å². The first-order valence-electron chi connectivity index (χ1n) is 8.23. The van der Waals surface area contributed by atoms with E-state index in [9.17, 15) is 4.79 Å². The van der Waals surface area contributed by atoms with Crippen LogP contribution < -0.4 is 10.1 Å². The lowest BCUT2D eigenvalue weighted by atomic mass is 10.2. The zero-order valence-electron chi connectivity index (χ0n) is 14.9. The Kier molecular flexibility index (Phi) is 5.93. The maximum atomic E-state index is 12.3. The van der Waals surface area contributed by atoms with Crippen molar-refractivity contribution in [3.63, 3.8) is 0 Å². The van der Waals surface area contributed by atoms with E-state index in [-0.39, 0.29) is 23.9 Å². The molecule has 1 N–H and O–H groups in total. The molecular weight excluding hydrogens is 386 g/mol. The third-order valence-corrected chi connectivity index (χ3v) is 4.30. The fourth-order valence-corrected chi connectivity index (χ4v) is 2.79. The number of benzene rings is 2. The zero-order chi connectivity index (χ0) is 19.4. The van der Waals surface area contributed by atoms with Gasteiger partial charge in [-0.15, -0.1) is 5.10 Å². The maximum absolute atomic E-state index is 12.3. The van der Waals surface area contributed by atoms with E-state index < -0.39 is 0 Å². The van der Waals surface area contributed by atoms with Crippen LogP contribution in [0.15, 0.2) is 46.9 Å². The highest BCUT2D eigenvalue weighted by molar-refractivity contribution is 7.71. The normalized spacial score (nSPS) is 10.6. The largest absolute Gasteiger partial charge is 0.484 e. The first-order chi connectivity index (χ1) is 12.9. The van der Waals surface area contributed by atoms with E-state index in [1.807, 2.05) is 44.2 Å². The summed E-state index contributed by atoms with van der Waals surface area (Å²) >= 11 is 11.1. The Labute approximate surface area is 166 Å². The van der Waals surface area contributed by atoms with Crippen molar-refractivity contribution >= 4 is 35.4 Å². The molecule has 0 spiro atoms. The van der Waals surface area contributed by atoms with Gasteiger partial charge < -0.3 is 14.5 Å². The lowest BCUT2D eigenvalue weighted by Gasteiger charge is -2.08. The number of carbonyl (C=O) groups is 1. The molecule has 6 nitrogen and oxygen atoms in total. The third kappa shape index (κ3) is 5.18. The molecule has 0 saturated heterocycles. The number of ether oxygens (including phenoxy) is 1. The smallest absolute Gasteiger partial charge is 0.287 e. The summed E-state index contributed by atoms with van der Waals surface area (Å²) in [4.78, 5) is 12.4. The van der Waals surface area contributed by atoms with E-state index in [0.717, 1.165) is 11.1 Å². The van der Waals surface area contributed by atoms with Crippen molar-refractivity contribution in [3.05, 3.63) is 69.3 Å². The first-order valence-corrected chi connectivity index (χ1v) is 9.01. The van der Waals surface area contributed by atoms with Crippen LogP contribution in [0.4, 0.5) is 5.69 Å². The van der Waals surface area contributed by atoms with E-state index >= 15 is 0 Å². The molecule has 0 atom stereocenters. The molecule has 27 heavy (non-hydrogen) atoms. The maximum Gasteiger partial charge on any atom is 0.287 e. The van der Waals surface area contributed by atoms with Gasteiger partial charge in [-0.25, -0.2) is 4.68 Å². The van der Waals surface area contributed by atoms with Crippen LogP contribution in [-0.4, -0.2) is 15.7 Å². The monoisotopic (exact) mass is 403 g/mol. The quantitative estimate of drug-likeness (QED) is 0.604. The summed E-state index contributed by atoms with van der Waals surface area (Å²) in [5.74, 6) is 0.726. The number of carbonyl (C=O) groups excluding carboxylic acids is 1. The number of nitrogens with zero attached hydrogens (tertiary/aromatic N) is 2. The van der Waals surface area contributed by atoms with Gasteiger partial charge in [0.2, 0.25) is 5.91 Å². The van der Waals surface area contributed by atoms with Crippen LogP contribution in [0.1, 0.15) is 17.0 Å². The molecule has 0 aliphatic carbocycles. The lowest BCUT2D eigenvalue weighted by molar-refractivity contribution is -0.117. The third-order valence-electron chi connectivity index (χ3n) is 3.77. The summed E-state index contributed by atoms with van der Waals surface area (Å²) in [5.41, 5.74) is 2.64. The Morgan fingerprint density at radius 1 is 1.30 bits per heavy atom. The molecule has 0 bridgehead atoms. The average Bonchev–Trinajstić information content (AvgIpc) is 2.96. The lowest BCUT2D eigenvalue weighted by Crippen LogP contribution is -2.20. The molecule has 1 aromatic heterocycles. The van der Waals surface area contributed by atoms with Gasteiger partial charge in [-0.05, 0) is 61.5 Å². The van der Waals surface area contributed by atoms with Crippen molar-refractivity contribution in [2.75, 3.05) is 5.32 Å². The predicted octanol–water partition coefficient (Wildman–Crippen LogP) is 4.69. The van der Waals surface area contributed by atoms with Gasteiger partial charge in [-0.2, -0.15) is 0 Å². The SMILES string of the molecule is Cc1cccc(OCc2nn(CC(=O)Nc3cc(Cl)ccc3C)c(=S)o2)c1. The highest BCUT2D eigenvalue weighted by Crippen LogP contribution is 2.20. The van der Waals surface area contributed by atoms with Gasteiger partial charge in [0.1, 0.15) is 12.3 Å². The van der Waals surface area contributed by atoms with Gasteiger partial charge in [0.25, 0.3) is 10.7 Å². The predicted molar refractivity (Wildman–Crippen MR) is 106 cm³/mol. The van der Waals surface area contributed by atoms with Gasteiger partial charge in [0.05, 0.1) is 0 Å². The van der Waals surface area contributed by atoms with Crippen LogP contribution in [0, 0.1) is 18.7 Å². The zero-order valence-corrected chi connectivity index (χ0v) is 16.4. The molecule has 0 aliphatic rings. The molecule has 140 valence electrons. The summed E-state index contributed by atoms with van der Waals surface area (Å²) in [6.07, 6.45) is 0. The second kappa shape index (κ2) is 8.37. The molecular formula is C19H18ClN3O3S. The number of hydrogen-bond acceptors (Lipinski definition) is 5. The number of rotatable bonds is 6. The van der Waals surface area contributed by atoms with E-state index in [1.54, 1.807) is 12.1 Å². The molecule has 8 heteroatoms. The summed E-state index contributed by atoms with van der Waals surface area (Å²) in [5, 5.41) is 7.55. The molecule has 2 aromatic carbocycles. The number of halogens is 1. The topological polar surface area (TPSA) is 69.3 Å². The number of aryl methyl sites for hydroxylation is 2. The minimum atomic E-state index is -0.282. The van der Waals surface area contributed by atoms with Crippen LogP contribution in [-0.2, 0) is 17.9 Å². The van der Waals surface area contributed by atoms with Crippen LogP contribution in [0.5, 0.6) is 5.75 Å². The summed E-state index contributed by atoms with van der Waals surface area (Å²) in [6, 6.07) is 12.9. The number of aromatic nitrogens is 2. The van der Waals surface area contributed by atoms with E-state index in [2.05, 4.69) is 10.4 Å². The Balaban J connectivity index is 1.63. The molecule has 1 heterocycles. The van der Waals surface area contributed by atoms with Crippen LogP contribution in [0.2, 0.25) is 5.02 Å². The molecule has 3 aromatic rings. The summed E-state index contributed by atoms with van der Waals surface area (Å²) in [7, 11) is 0. The van der Waals surface area contributed by atoms with Gasteiger partial charge in [-0.1, -0.05) is 29.8 Å². The molecule has 3 rings (SSSR count). The second-order valence-corrected chi connectivity index (χ2v) is 6.82. The van der Waals surface area contributed by atoms with Crippen molar-refractivity contribution in [2.45, 2.75) is 27.0 Å². The summed E-state index contributed by atoms with van der Waals surface area (Å²) < 4.78 is 12.4. The first kappa shape index (κ1) is 19.1. The summed E-state index contributed by atoms with van der Waals surface area (Å²) in [6.45, 7) is 3.91. The highest BCUT2D eigenvalue weighted by Gasteiger charge is 2.12. The molecule has 0 aliphatic heterocycles. The van der Waals surface area contributed by atoms with Gasteiger partial charge in [-0.3, -0.25) is 4.79 Å². The number of amides is 1. The number of hydrogen-bond donors (Lipinski definition) is 1. The van der Waals surface area contributed by atoms with Crippen LogP contribution >= 0.6 is 23.8 Å². The molecule has 1 amide bonds. The standard InChI is InChI=1S/C19H18ClN3O3S/c1-12-4-3-5-15(8-12)25-11-18-22-23(19(27)26-18)10-17(24)21-16-9-14(20)7-6-13(16)2/h3-9H,10-11H2,1-2H3,(H,21,24). The van der Waals surface area contributed by atoms with Gasteiger partial charge in [0.15, 0.2) is 6.61 Å². The van der Waals surface area contributed by atoms with E-state index in [4.69, 9.17) is 33.0 Å². The second-order valence-electron chi connectivity index (χ2n) is 6.03. The Morgan fingerprint density at radius 2 is 2.11 bits per heavy atom. The molecule has 0 radical (unpaired) electrons. The van der Waals surface area contributed by atoms with Crippen molar-refractivity contribution in [3.8, 4) is 5.75 Å². The fraction of sp³-hybridized carbons (Fsp3) is 0.211. The fourth-order valence-electron chi connectivity index (χ4n) is 2.41. The van der Waals surface area contributed by atoms with Gasteiger partial charge in [0, 0.05) is 10.7 Å². The minimum Gasteiger partial charge on any atom is -0.484 e. The van der Waals surface area contributed by atoms with Gasteiger partial charge >= 0.3 is 0 Å². The Hall–Kier alpha value is -2.64. The van der Waals surface area contributed by atoms with E-state index in [1.165, 1.54) is 4.68 Å². The number of nitrogens with one attached hydrogen (secondary N) is 1. The van der Waals surface area contributed by atoms with Crippen molar-refractivity contribution in [1.29, 1.82) is 0 Å². The average molecular weight is 404 g/mol. The number of anilines is 1. The minimum absolute atomic E-state index is 0.0707. The van der Waals surface area contributed by atoms with Crippen molar-refractivity contribution in [1.82, 2.24) is 9.78 Å². The highest BCUT2D eigenvalue weighted by atomic mass is 35.5. The molecule has 0 fully saturated rings. The Morgan fingerprint density at radius 3 is 2.89 bits per heavy atom. The molecule has 0 saturated carbocycles. The van der Waals surface area contributed by atoms with E-state index in [0.29, 0.717) is 22.4 Å². The van der Waals surface area contributed by atoms with Crippen LogP contribution in [0.25, 0.3) is 0 Å². The molecule has 0 unspecified atom stereocenters. The van der Waals surface area contributed by atoms with Crippen molar-refractivity contribution < 1.29 is 13.9 Å². The van der Waals surface area contributed by atoms with Crippen LogP contribution in [0.3, 0.4) is 0 Å². The Bertz CT molecular complexity index is 1030.